The first-order valence-electron chi connectivity index (χ1n) is 9.94. The highest BCUT2D eigenvalue weighted by molar-refractivity contribution is 6.08. The van der Waals surface area contributed by atoms with E-state index in [2.05, 4.69) is 10.3 Å². The van der Waals surface area contributed by atoms with Crippen molar-refractivity contribution in [3.8, 4) is 5.75 Å². The van der Waals surface area contributed by atoms with Gasteiger partial charge in [0.1, 0.15) is 5.75 Å². The Bertz CT molecular complexity index is 1060. The van der Waals surface area contributed by atoms with Gasteiger partial charge < -0.3 is 15.0 Å². The van der Waals surface area contributed by atoms with Crippen molar-refractivity contribution in [2.75, 3.05) is 16.8 Å². The van der Waals surface area contributed by atoms with Gasteiger partial charge in [-0.15, -0.1) is 0 Å². The molecule has 0 saturated heterocycles. The maximum Gasteiger partial charge on any atom is 0.259 e. The zero-order valence-electron chi connectivity index (χ0n) is 17.0. The van der Waals surface area contributed by atoms with Gasteiger partial charge in [-0.1, -0.05) is 6.07 Å². The van der Waals surface area contributed by atoms with Crippen LogP contribution >= 0.6 is 0 Å². The van der Waals surface area contributed by atoms with E-state index in [1.807, 2.05) is 32.0 Å². The zero-order chi connectivity index (χ0) is 21.1. The molecule has 1 N–H and O–H groups in total. The van der Waals surface area contributed by atoms with Crippen LogP contribution in [-0.2, 0) is 6.42 Å². The summed E-state index contributed by atoms with van der Waals surface area (Å²) in [5.41, 5.74) is 3.63. The fraction of sp³-hybridized carbons (Fsp3) is 0.208. The Kier molecular flexibility index (Phi) is 5.48. The van der Waals surface area contributed by atoms with E-state index in [9.17, 15) is 9.59 Å². The lowest BCUT2D eigenvalue weighted by Gasteiger charge is -2.18. The molecule has 0 saturated carbocycles. The van der Waals surface area contributed by atoms with E-state index in [1.165, 1.54) is 0 Å². The number of carbonyl (C=O) groups is 2. The molecule has 0 radical (unpaired) electrons. The molecule has 0 unspecified atom stereocenters. The van der Waals surface area contributed by atoms with E-state index in [0.29, 0.717) is 23.4 Å². The summed E-state index contributed by atoms with van der Waals surface area (Å²) in [6.45, 7) is 4.52. The van der Waals surface area contributed by atoms with Crippen LogP contribution in [0.15, 0.2) is 67.0 Å². The largest absolute Gasteiger partial charge is 0.491 e. The quantitative estimate of drug-likeness (QED) is 0.691. The molecule has 4 rings (SSSR count). The highest BCUT2D eigenvalue weighted by Crippen LogP contribution is 2.32. The van der Waals surface area contributed by atoms with Crippen LogP contribution in [0.4, 0.5) is 11.4 Å². The predicted octanol–water partition coefficient (Wildman–Crippen LogP) is 4.32. The van der Waals surface area contributed by atoms with E-state index in [1.54, 1.807) is 53.7 Å². The number of fused-ring (bicyclic) bond motifs is 1. The van der Waals surface area contributed by atoms with E-state index in [4.69, 9.17) is 4.74 Å². The van der Waals surface area contributed by atoms with Crippen LogP contribution in [0.1, 0.15) is 40.1 Å². The van der Waals surface area contributed by atoms with E-state index in [0.717, 1.165) is 23.4 Å². The second kappa shape index (κ2) is 8.37. The summed E-state index contributed by atoms with van der Waals surface area (Å²) < 4.78 is 5.61. The first kappa shape index (κ1) is 19.6. The molecule has 1 aliphatic rings. The molecular weight excluding hydrogens is 378 g/mol. The molecule has 3 aromatic rings. The third-order valence-corrected chi connectivity index (χ3v) is 4.88. The molecule has 2 amide bonds. The molecule has 1 aromatic heterocycles. The van der Waals surface area contributed by atoms with E-state index < -0.39 is 0 Å². The van der Waals surface area contributed by atoms with Crippen molar-refractivity contribution in [2.24, 2.45) is 0 Å². The van der Waals surface area contributed by atoms with Gasteiger partial charge in [0.15, 0.2) is 0 Å². The lowest BCUT2D eigenvalue weighted by molar-refractivity contribution is 0.0987. The van der Waals surface area contributed by atoms with Gasteiger partial charge in [-0.2, -0.15) is 0 Å². The third-order valence-electron chi connectivity index (χ3n) is 4.88. The van der Waals surface area contributed by atoms with Gasteiger partial charge in [0, 0.05) is 35.9 Å². The molecule has 0 atom stereocenters. The van der Waals surface area contributed by atoms with Gasteiger partial charge in [-0.05, 0) is 74.4 Å². The van der Waals surface area contributed by atoms with Crippen LogP contribution in [0, 0.1) is 0 Å². The number of hydrogen-bond acceptors (Lipinski definition) is 4. The van der Waals surface area contributed by atoms with E-state index in [-0.39, 0.29) is 17.9 Å². The normalized spacial score (nSPS) is 12.6. The van der Waals surface area contributed by atoms with Crippen molar-refractivity contribution in [3.05, 3.63) is 83.7 Å². The topological polar surface area (TPSA) is 71.5 Å². The highest BCUT2D eigenvalue weighted by Gasteiger charge is 2.26. The predicted molar refractivity (Wildman–Crippen MR) is 116 cm³/mol. The van der Waals surface area contributed by atoms with E-state index >= 15 is 0 Å². The third kappa shape index (κ3) is 4.17. The van der Waals surface area contributed by atoms with Crippen molar-refractivity contribution in [3.63, 3.8) is 0 Å². The summed E-state index contributed by atoms with van der Waals surface area (Å²) in [7, 11) is 0. The minimum absolute atomic E-state index is 0.0772. The first-order valence-corrected chi connectivity index (χ1v) is 9.94. The maximum absolute atomic E-state index is 12.9. The Morgan fingerprint density at radius 2 is 1.87 bits per heavy atom. The average molecular weight is 401 g/mol. The van der Waals surface area contributed by atoms with Gasteiger partial charge in [-0.3, -0.25) is 14.6 Å². The number of rotatable bonds is 5. The number of anilines is 2. The molecule has 2 heterocycles. The molecule has 6 heteroatoms. The molecule has 0 bridgehead atoms. The molecular formula is C24H23N3O3. The Balaban J connectivity index is 1.50. The van der Waals surface area contributed by atoms with Gasteiger partial charge >= 0.3 is 0 Å². The number of ether oxygens (including phenoxy) is 1. The van der Waals surface area contributed by atoms with Gasteiger partial charge in [0.25, 0.3) is 11.8 Å². The Morgan fingerprint density at radius 3 is 2.57 bits per heavy atom. The highest BCUT2D eigenvalue weighted by atomic mass is 16.5. The molecule has 152 valence electrons. The second-order valence-corrected chi connectivity index (χ2v) is 7.44. The monoisotopic (exact) mass is 401 g/mol. The zero-order valence-corrected chi connectivity index (χ0v) is 17.0. The smallest absolute Gasteiger partial charge is 0.259 e. The van der Waals surface area contributed by atoms with Gasteiger partial charge in [0.2, 0.25) is 0 Å². The van der Waals surface area contributed by atoms with Gasteiger partial charge in [0.05, 0.1) is 11.7 Å². The second-order valence-electron chi connectivity index (χ2n) is 7.44. The number of pyridine rings is 1. The van der Waals surface area contributed by atoms with Crippen molar-refractivity contribution in [1.29, 1.82) is 0 Å². The summed E-state index contributed by atoms with van der Waals surface area (Å²) in [6, 6.07) is 16.2. The van der Waals surface area contributed by atoms with Gasteiger partial charge in [-0.25, -0.2) is 0 Å². The SMILES string of the molecule is CC(C)Oc1ccc(C(=O)Nc2ccc3c(c2)N(C(=O)c2cccnc2)CC3)cc1. The van der Waals surface area contributed by atoms with Crippen molar-refractivity contribution in [1.82, 2.24) is 4.98 Å². The minimum atomic E-state index is -0.214. The standard InChI is InChI=1S/C24H23N3O3/c1-16(2)30-21-9-6-18(7-10-21)23(28)26-20-8-5-17-11-13-27(22(17)14-20)24(29)19-4-3-12-25-15-19/h3-10,12,14-16H,11,13H2,1-2H3,(H,26,28). The van der Waals surface area contributed by atoms with Crippen LogP contribution in [0.3, 0.4) is 0 Å². The van der Waals surface area contributed by atoms with Crippen molar-refractivity contribution in [2.45, 2.75) is 26.4 Å². The summed E-state index contributed by atoms with van der Waals surface area (Å²) in [5.74, 6) is 0.420. The lowest BCUT2D eigenvalue weighted by atomic mass is 10.1. The number of nitrogens with one attached hydrogen (secondary N) is 1. The average Bonchev–Trinajstić information content (AvgIpc) is 3.17. The fourth-order valence-electron chi connectivity index (χ4n) is 3.47. The number of hydrogen-bond donors (Lipinski definition) is 1. The number of amides is 2. The van der Waals surface area contributed by atoms with Crippen molar-refractivity contribution >= 4 is 23.2 Å². The molecule has 1 aliphatic heterocycles. The first-order chi connectivity index (χ1) is 14.5. The van der Waals surface area contributed by atoms with Crippen LogP contribution < -0.4 is 15.0 Å². The number of nitrogens with zero attached hydrogens (tertiary/aromatic N) is 2. The summed E-state index contributed by atoms with van der Waals surface area (Å²) >= 11 is 0. The number of benzene rings is 2. The molecule has 0 aliphatic carbocycles. The van der Waals surface area contributed by atoms with Crippen LogP contribution in [-0.4, -0.2) is 29.4 Å². The minimum Gasteiger partial charge on any atom is -0.491 e. The molecule has 2 aromatic carbocycles. The maximum atomic E-state index is 12.9. The summed E-state index contributed by atoms with van der Waals surface area (Å²) in [4.78, 5) is 31.3. The van der Waals surface area contributed by atoms with Crippen LogP contribution in [0.2, 0.25) is 0 Å². The summed E-state index contributed by atoms with van der Waals surface area (Å²) in [5, 5.41) is 2.92. The van der Waals surface area contributed by atoms with Crippen molar-refractivity contribution < 1.29 is 14.3 Å². The van der Waals surface area contributed by atoms with Crippen LogP contribution in [0.5, 0.6) is 5.75 Å². The van der Waals surface area contributed by atoms with Crippen LogP contribution in [0.25, 0.3) is 0 Å². The number of carbonyl (C=O) groups excluding carboxylic acids is 2. The molecule has 30 heavy (non-hydrogen) atoms. The Labute approximate surface area is 175 Å². The lowest BCUT2D eigenvalue weighted by Crippen LogP contribution is -2.29. The number of aromatic nitrogens is 1. The Morgan fingerprint density at radius 1 is 1.07 bits per heavy atom. The molecule has 6 nitrogen and oxygen atoms in total. The fourth-order valence-corrected chi connectivity index (χ4v) is 3.47. The Hall–Kier alpha value is -3.67. The molecule has 0 spiro atoms. The molecule has 0 fully saturated rings. The summed E-state index contributed by atoms with van der Waals surface area (Å²) in [6.07, 6.45) is 4.07.